The van der Waals surface area contributed by atoms with E-state index in [1.165, 1.54) is 23.3 Å². The topological polar surface area (TPSA) is 174 Å². The monoisotopic (exact) mass is 747 g/mol. The van der Waals surface area contributed by atoms with Gasteiger partial charge in [-0.1, -0.05) is 31.1 Å². The van der Waals surface area contributed by atoms with Crippen molar-refractivity contribution in [1.29, 1.82) is 0 Å². The minimum absolute atomic E-state index is 0.0379. The van der Waals surface area contributed by atoms with Crippen molar-refractivity contribution in [3.05, 3.63) is 41.8 Å². The highest BCUT2D eigenvalue weighted by atomic mass is 32.1. The molecule has 3 aromatic rings. The first-order valence-corrected chi connectivity index (χ1v) is 19.2. The average molecular weight is 748 g/mol. The zero-order chi connectivity index (χ0) is 37.9. The average Bonchev–Trinajstić information content (AvgIpc) is 3.39. The highest BCUT2D eigenvalue weighted by Crippen LogP contribution is 2.46. The van der Waals surface area contributed by atoms with Crippen LogP contribution in [0.1, 0.15) is 79.6 Å². The molecular weight excluding hydrogens is 699 g/mol. The molecule has 6 rings (SSSR count). The normalized spacial score (nSPS) is 25.7. The van der Waals surface area contributed by atoms with Crippen LogP contribution in [0.4, 0.5) is 10.6 Å². The van der Waals surface area contributed by atoms with Gasteiger partial charge in [0, 0.05) is 18.4 Å². The lowest BCUT2D eigenvalue weighted by Crippen LogP contribution is -2.56. The molecule has 14 nitrogen and oxygen atoms in total. The van der Waals surface area contributed by atoms with Crippen molar-refractivity contribution >= 4 is 51.2 Å². The van der Waals surface area contributed by atoms with Gasteiger partial charge < -0.3 is 35.1 Å². The van der Waals surface area contributed by atoms with Gasteiger partial charge in [0.05, 0.1) is 19.2 Å². The first kappa shape index (κ1) is 38.0. The highest BCUT2D eigenvalue weighted by molar-refractivity contribution is 7.17. The van der Waals surface area contributed by atoms with Crippen molar-refractivity contribution in [2.75, 3.05) is 19.0 Å². The van der Waals surface area contributed by atoms with Crippen LogP contribution in [0.5, 0.6) is 5.88 Å². The van der Waals surface area contributed by atoms with E-state index in [0.29, 0.717) is 52.7 Å². The Labute approximate surface area is 313 Å². The maximum atomic E-state index is 14.5. The van der Waals surface area contributed by atoms with E-state index in [-0.39, 0.29) is 24.9 Å². The third-order valence-electron chi connectivity index (χ3n) is 9.45. The van der Waals surface area contributed by atoms with Crippen molar-refractivity contribution in [3.8, 4) is 17.4 Å². The number of alkyl carbamates (subject to hydrolysis) is 1. The molecule has 53 heavy (non-hydrogen) atoms. The molecule has 3 aromatic heterocycles. The number of pyridine rings is 1. The number of esters is 1. The fourth-order valence-electron chi connectivity index (χ4n) is 6.89. The summed E-state index contributed by atoms with van der Waals surface area (Å²) in [6.07, 6.45) is 6.63. The third-order valence-corrected chi connectivity index (χ3v) is 10.3. The first-order valence-electron chi connectivity index (χ1n) is 18.3. The number of carbonyl (C=O) groups excluding carboxylic acids is 4. The number of anilines is 1. The Kier molecular flexibility index (Phi) is 11.2. The number of methoxy groups -OCH3 is 1. The molecule has 1 saturated heterocycles. The number of nitrogens with zero attached hydrogens (tertiary/aromatic N) is 4. The SMILES string of the molecule is COC(=O)[C@@]12C[C@H]1/C=C\CCCCC[C@H](NC(=O)OC(C)(C)C)C(=O)N1C[C@H](Oc3nc(-c4cccc(NC(C)C)n4)nc4ccsc34)C[C@H]1C(=O)N2. The summed E-state index contributed by atoms with van der Waals surface area (Å²) in [4.78, 5) is 70.5. The summed E-state index contributed by atoms with van der Waals surface area (Å²) in [6, 6.07) is 5.68. The zero-order valence-corrected chi connectivity index (χ0v) is 32.0. The molecule has 1 aliphatic carbocycles. The van der Waals surface area contributed by atoms with Gasteiger partial charge in [0.25, 0.3) is 0 Å². The number of amides is 3. The van der Waals surface area contributed by atoms with Crippen LogP contribution in [0.2, 0.25) is 0 Å². The van der Waals surface area contributed by atoms with Gasteiger partial charge in [-0.25, -0.2) is 19.6 Å². The van der Waals surface area contributed by atoms with E-state index in [4.69, 9.17) is 29.2 Å². The van der Waals surface area contributed by atoms with Crippen LogP contribution in [0.25, 0.3) is 21.7 Å². The summed E-state index contributed by atoms with van der Waals surface area (Å²) in [5.74, 6) is -0.323. The van der Waals surface area contributed by atoms with Crippen LogP contribution in [0.15, 0.2) is 41.8 Å². The largest absolute Gasteiger partial charge is 0.471 e. The van der Waals surface area contributed by atoms with Crippen molar-refractivity contribution in [2.45, 2.75) is 115 Å². The molecule has 5 atom stereocenters. The fraction of sp³-hybridized carbons (Fsp3) is 0.553. The first-order chi connectivity index (χ1) is 25.3. The summed E-state index contributed by atoms with van der Waals surface area (Å²) >= 11 is 1.42. The van der Waals surface area contributed by atoms with E-state index >= 15 is 0 Å². The van der Waals surface area contributed by atoms with Crippen molar-refractivity contribution in [2.24, 2.45) is 5.92 Å². The van der Waals surface area contributed by atoms with Gasteiger partial charge in [0.1, 0.15) is 45.5 Å². The number of aromatic nitrogens is 3. The molecule has 0 radical (unpaired) electrons. The number of hydrogen-bond donors (Lipinski definition) is 3. The molecule has 15 heteroatoms. The second kappa shape index (κ2) is 15.7. The molecule has 284 valence electrons. The van der Waals surface area contributed by atoms with E-state index in [0.717, 1.165) is 19.3 Å². The second-order valence-corrected chi connectivity index (χ2v) is 16.1. The number of carbonyl (C=O) groups is 4. The molecule has 1 saturated carbocycles. The summed E-state index contributed by atoms with van der Waals surface area (Å²) in [5, 5.41) is 10.9. The van der Waals surface area contributed by atoms with E-state index in [1.807, 2.05) is 55.6 Å². The number of rotatable bonds is 7. The quantitative estimate of drug-likeness (QED) is 0.209. The third kappa shape index (κ3) is 8.89. The lowest BCUT2D eigenvalue weighted by molar-refractivity contribution is -0.148. The lowest BCUT2D eigenvalue weighted by Gasteiger charge is -2.30. The zero-order valence-electron chi connectivity index (χ0n) is 31.1. The van der Waals surface area contributed by atoms with Gasteiger partial charge in [-0.2, -0.15) is 4.98 Å². The minimum atomic E-state index is -1.22. The Morgan fingerprint density at radius 3 is 2.66 bits per heavy atom. The van der Waals surface area contributed by atoms with E-state index < -0.39 is 53.2 Å². The summed E-state index contributed by atoms with van der Waals surface area (Å²) in [5.41, 5.74) is -0.765. The summed E-state index contributed by atoms with van der Waals surface area (Å²) < 4.78 is 18.0. The number of fused-ring (bicyclic) bond motifs is 3. The fourth-order valence-corrected chi connectivity index (χ4v) is 7.65. The maximum absolute atomic E-state index is 14.5. The molecule has 5 heterocycles. The number of allylic oxidation sites excluding steroid dienone is 1. The molecule has 0 unspecified atom stereocenters. The summed E-state index contributed by atoms with van der Waals surface area (Å²) in [6.45, 7) is 9.35. The van der Waals surface area contributed by atoms with E-state index in [9.17, 15) is 19.2 Å². The molecule has 0 aromatic carbocycles. The molecule has 3 N–H and O–H groups in total. The van der Waals surface area contributed by atoms with Crippen molar-refractivity contribution in [3.63, 3.8) is 0 Å². The summed E-state index contributed by atoms with van der Waals surface area (Å²) in [7, 11) is 1.30. The molecular formula is C38H49N7O7S. The van der Waals surface area contributed by atoms with E-state index in [1.54, 1.807) is 20.8 Å². The minimum Gasteiger partial charge on any atom is -0.471 e. The number of nitrogens with one attached hydrogen (secondary N) is 3. The predicted molar refractivity (Wildman–Crippen MR) is 200 cm³/mol. The van der Waals surface area contributed by atoms with Crippen molar-refractivity contribution < 1.29 is 33.4 Å². The van der Waals surface area contributed by atoms with Crippen LogP contribution in [0.3, 0.4) is 0 Å². The van der Waals surface area contributed by atoms with E-state index in [2.05, 4.69) is 16.0 Å². The van der Waals surface area contributed by atoms with Crippen LogP contribution < -0.4 is 20.7 Å². The maximum Gasteiger partial charge on any atom is 0.408 e. The Bertz CT molecular complexity index is 1870. The Morgan fingerprint density at radius 2 is 1.91 bits per heavy atom. The number of hydrogen-bond acceptors (Lipinski definition) is 12. The molecule has 0 bridgehead atoms. The second-order valence-electron chi connectivity index (χ2n) is 15.2. The highest BCUT2D eigenvalue weighted by Gasteiger charge is 2.62. The Hall–Kier alpha value is -4.79. The molecule has 3 amide bonds. The van der Waals surface area contributed by atoms with Crippen LogP contribution in [-0.4, -0.2) is 92.8 Å². The van der Waals surface area contributed by atoms with Gasteiger partial charge >= 0.3 is 12.1 Å². The molecule has 2 fully saturated rings. The van der Waals surface area contributed by atoms with Crippen LogP contribution in [0, 0.1) is 5.92 Å². The predicted octanol–water partition coefficient (Wildman–Crippen LogP) is 5.38. The lowest BCUT2D eigenvalue weighted by atomic mass is 10.0. The van der Waals surface area contributed by atoms with Gasteiger partial charge in [-0.05, 0) is 83.9 Å². The van der Waals surface area contributed by atoms with Crippen LogP contribution in [-0.2, 0) is 23.9 Å². The van der Waals surface area contributed by atoms with Gasteiger partial charge in [0.2, 0.25) is 17.7 Å². The van der Waals surface area contributed by atoms with Crippen LogP contribution >= 0.6 is 11.3 Å². The van der Waals surface area contributed by atoms with Gasteiger partial charge in [0.15, 0.2) is 5.82 Å². The molecule has 3 aliphatic rings. The smallest absolute Gasteiger partial charge is 0.408 e. The molecule has 2 aliphatic heterocycles. The number of ether oxygens (including phenoxy) is 3. The van der Waals surface area contributed by atoms with Gasteiger partial charge in [-0.3, -0.25) is 9.59 Å². The number of thiophene rings is 1. The van der Waals surface area contributed by atoms with Crippen molar-refractivity contribution in [1.82, 2.24) is 30.5 Å². The molecule has 0 spiro atoms. The standard InChI is InChI=1S/C38H49N7O7S/c1-22(2)39-29-16-12-15-26(40-29)31-41-25-17-18-53-30(25)33(43-31)51-24-19-28-32(46)44-38(35(48)50-6)20-23(38)13-10-8-7-9-11-14-27(34(47)45(28)21-24)42-36(49)52-37(3,4)5/h10,12-13,15-18,22-24,27-28H,7-9,11,14,19-21H2,1-6H3,(H,39,40)(H,42,49)(H,44,46)/b13-10-/t23-,24-,27+,28+,38-/m1/s1. The Morgan fingerprint density at radius 1 is 1.09 bits per heavy atom. The Balaban J connectivity index is 1.32. The van der Waals surface area contributed by atoms with Gasteiger partial charge in [-0.15, -0.1) is 11.3 Å².